The van der Waals surface area contributed by atoms with E-state index in [0.717, 1.165) is 24.2 Å². The van der Waals surface area contributed by atoms with Crippen molar-refractivity contribution < 1.29 is 8.42 Å². The zero-order valence-corrected chi connectivity index (χ0v) is 15.2. The summed E-state index contributed by atoms with van der Waals surface area (Å²) in [5.41, 5.74) is 1.92. The minimum atomic E-state index is -3.36. The molecule has 2 aromatic rings. The standard InChI is InChI=1S/C19H26N2O2S/c1-3-21(4-2)19(18-13-9-6-10-14-18)15-20-24(22,23)16-17-11-7-5-8-12-17/h5-14,19-20H,3-4,15-16H2,1-2H3. The summed E-state index contributed by atoms with van der Waals surface area (Å²) in [6, 6.07) is 19.3. The number of benzene rings is 2. The van der Waals surface area contributed by atoms with Crippen LogP contribution in [0.2, 0.25) is 0 Å². The van der Waals surface area contributed by atoms with E-state index in [2.05, 4.69) is 35.6 Å². The molecule has 0 bridgehead atoms. The lowest BCUT2D eigenvalue weighted by Crippen LogP contribution is -2.38. The summed E-state index contributed by atoms with van der Waals surface area (Å²) >= 11 is 0. The average molecular weight is 346 g/mol. The van der Waals surface area contributed by atoms with E-state index in [0.29, 0.717) is 6.54 Å². The van der Waals surface area contributed by atoms with Crippen LogP contribution in [0.5, 0.6) is 0 Å². The Kier molecular flexibility index (Phi) is 6.97. The molecule has 5 heteroatoms. The van der Waals surface area contributed by atoms with Gasteiger partial charge in [-0.25, -0.2) is 13.1 Å². The second-order valence-electron chi connectivity index (χ2n) is 5.74. The lowest BCUT2D eigenvalue weighted by atomic mass is 10.1. The number of hydrogen-bond acceptors (Lipinski definition) is 3. The summed E-state index contributed by atoms with van der Waals surface area (Å²) in [4.78, 5) is 2.26. The van der Waals surface area contributed by atoms with E-state index in [4.69, 9.17) is 0 Å². The van der Waals surface area contributed by atoms with Gasteiger partial charge in [0.1, 0.15) is 0 Å². The number of hydrogen-bond donors (Lipinski definition) is 1. The highest BCUT2D eigenvalue weighted by Crippen LogP contribution is 2.20. The molecule has 1 atom stereocenters. The van der Waals surface area contributed by atoms with Gasteiger partial charge < -0.3 is 0 Å². The predicted molar refractivity (Wildman–Crippen MR) is 99.2 cm³/mol. The van der Waals surface area contributed by atoms with Crippen LogP contribution in [0.25, 0.3) is 0 Å². The van der Waals surface area contributed by atoms with Crippen molar-refractivity contribution >= 4 is 10.0 Å². The Balaban J connectivity index is 2.09. The van der Waals surface area contributed by atoms with Gasteiger partial charge in [-0.15, -0.1) is 0 Å². The van der Waals surface area contributed by atoms with Gasteiger partial charge >= 0.3 is 0 Å². The van der Waals surface area contributed by atoms with Crippen LogP contribution in [-0.2, 0) is 15.8 Å². The molecule has 0 spiro atoms. The Hall–Kier alpha value is -1.69. The molecule has 130 valence electrons. The first-order chi connectivity index (χ1) is 11.6. The van der Waals surface area contributed by atoms with Crippen molar-refractivity contribution in [2.24, 2.45) is 0 Å². The highest BCUT2D eigenvalue weighted by Gasteiger charge is 2.20. The largest absolute Gasteiger partial charge is 0.296 e. The van der Waals surface area contributed by atoms with Crippen LogP contribution in [0.15, 0.2) is 60.7 Å². The van der Waals surface area contributed by atoms with Gasteiger partial charge in [0.2, 0.25) is 10.0 Å². The van der Waals surface area contributed by atoms with E-state index in [9.17, 15) is 8.42 Å². The third-order valence-electron chi connectivity index (χ3n) is 4.13. The van der Waals surface area contributed by atoms with E-state index >= 15 is 0 Å². The molecular weight excluding hydrogens is 320 g/mol. The SMILES string of the molecule is CCN(CC)C(CNS(=O)(=O)Cc1ccccc1)c1ccccc1. The van der Waals surface area contributed by atoms with Crippen molar-refractivity contribution in [3.05, 3.63) is 71.8 Å². The molecule has 0 heterocycles. The first-order valence-electron chi connectivity index (χ1n) is 8.36. The van der Waals surface area contributed by atoms with Crippen LogP contribution < -0.4 is 4.72 Å². The Morgan fingerprint density at radius 2 is 1.46 bits per heavy atom. The van der Waals surface area contributed by atoms with Gasteiger partial charge in [0.15, 0.2) is 0 Å². The molecule has 2 aromatic carbocycles. The van der Waals surface area contributed by atoms with Crippen molar-refractivity contribution in [1.29, 1.82) is 0 Å². The molecule has 0 aliphatic carbocycles. The van der Waals surface area contributed by atoms with Gasteiger partial charge in [0.05, 0.1) is 5.75 Å². The van der Waals surface area contributed by atoms with Crippen LogP contribution in [0.3, 0.4) is 0 Å². The van der Waals surface area contributed by atoms with Crippen molar-refractivity contribution in [3.8, 4) is 0 Å². The third-order valence-corrected chi connectivity index (χ3v) is 5.45. The van der Waals surface area contributed by atoms with E-state index in [1.165, 1.54) is 0 Å². The first-order valence-corrected chi connectivity index (χ1v) is 10.0. The number of rotatable bonds is 9. The maximum Gasteiger partial charge on any atom is 0.215 e. The van der Waals surface area contributed by atoms with Gasteiger partial charge in [-0.2, -0.15) is 0 Å². The molecule has 0 aliphatic heterocycles. The Bertz CT molecular complexity index is 699. The molecule has 0 radical (unpaired) electrons. The van der Waals surface area contributed by atoms with Gasteiger partial charge in [0, 0.05) is 12.6 Å². The van der Waals surface area contributed by atoms with Crippen molar-refractivity contribution in [2.75, 3.05) is 19.6 Å². The van der Waals surface area contributed by atoms with Gasteiger partial charge in [-0.05, 0) is 24.2 Å². The number of nitrogens with one attached hydrogen (secondary N) is 1. The lowest BCUT2D eigenvalue weighted by molar-refractivity contribution is 0.220. The van der Waals surface area contributed by atoms with E-state index in [1.54, 1.807) is 0 Å². The zero-order valence-electron chi connectivity index (χ0n) is 14.4. The zero-order chi connectivity index (χ0) is 17.4. The molecule has 0 fully saturated rings. The first kappa shape index (κ1) is 18.6. The molecule has 1 unspecified atom stereocenters. The van der Waals surface area contributed by atoms with Gasteiger partial charge in [0.25, 0.3) is 0 Å². The second-order valence-corrected chi connectivity index (χ2v) is 7.55. The Labute approximate surface area is 145 Å². The van der Waals surface area contributed by atoms with E-state index in [-0.39, 0.29) is 11.8 Å². The lowest BCUT2D eigenvalue weighted by Gasteiger charge is -2.30. The molecule has 1 N–H and O–H groups in total. The highest BCUT2D eigenvalue weighted by molar-refractivity contribution is 7.88. The predicted octanol–water partition coefficient (Wildman–Crippen LogP) is 3.19. The smallest absolute Gasteiger partial charge is 0.215 e. The van der Waals surface area contributed by atoms with Gasteiger partial charge in [-0.3, -0.25) is 4.90 Å². The van der Waals surface area contributed by atoms with Crippen molar-refractivity contribution in [1.82, 2.24) is 9.62 Å². The van der Waals surface area contributed by atoms with Gasteiger partial charge in [-0.1, -0.05) is 74.5 Å². The van der Waals surface area contributed by atoms with Crippen LogP contribution >= 0.6 is 0 Å². The summed E-state index contributed by atoms with van der Waals surface area (Å²) in [7, 11) is -3.36. The summed E-state index contributed by atoms with van der Waals surface area (Å²) in [5.74, 6) is 0.00754. The maximum absolute atomic E-state index is 12.4. The van der Waals surface area contributed by atoms with E-state index in [1.807, 2.05) is 48.5 Å². The fraction of sp³-hybridized carbons (Fsp3) is 0.368. The molecule has 24 heavy (non-hydrogen) atoms. The van der Waals surface area contributed by atoms with Crippen molar-refractivity contribution in [3.63, 3.8) is 0 Å². The molecule has 0 amide bonds. The number of nitrogens with zero attached hydrogens (tertiary/aromatic N) is 1. The van der Waals surface area contributed by atoms with Crippen LogP contribution in [0, 0.1) is 0 Å². The maximum atomic E-state index is 12.4. The average Bonchev–Trinajstić information content (AvgIpc) is 2.60. The van der Waals surface area contributed by atoms with Crippen molar-refractivity contribution in [2.45, 2.75) is 25.6 Å². The van der Waals surface area contributed by atoms with Crippen LogP contribution in [0.1, 0.15) is 31.0 Å². The van der Waals surface area contributed by atoms with Crippen LogP contribution in [-0.4, -0.2) is 33.0 Å². The Morgan fingerprint density at radius 3 is 2.00 bits per heavy atom. The normalized spacial score (nSPS) is 13.1. The topological polar surface area (TPSA) is 49.4 Å². The highest BCUT2D eigenvalue weighted by atomic mass is 32.2. The number of sulfonamides is 1. The third kappa shape index (κ3) is 5.44. The summed E-state index contributed by atoms with van der Waals surface area (Å²) in [6.45, 7) is 6.31. The molecule has 4 nitrogen and oxygen atoms in total. The fourth-order valence-electron chi connectivity index (χ4n) is 2.85. The summed E-state index contributed by atoms with van der Waals surface area (Å²) in [6.07, 6.45) is 0. The minimum Gasteiger partial charge on any atom is -0.296 e. The molecule has 0 saturated carbocycles. The Morgan fingerprint density at radius 1 is 0.917 bits per heavy atom. The monoisotopic (exact) mass is 346 g/mol. The van der Waals surface area contributed by atoms with Crippen LogP contribution in [0.4, 0.5) is 0 Å². The second kappa shape index (κ2) is 8.97. The minimum absolute atomic E-state index is 0.00754. The van der Waals surface area contributed by atoms with E-state index < -0.39 is 10.0 Å². The summed E-state index contributed by atoms with van der Waals surface area (Å²) in [5, 5.41) is 0. The molecular formula is C19H26N2O2S. The summed E-state index contributed by atoms with van der Waals surface area (Å²) < 4.78 is 27.6. The molecule has 0 aromatic heterocycles. The molecule has 0 aliphatic rings. The fourth-order valence-corrected chi connectivity index (χ4v) is 3.99. The number of likely N-dealkylation sites (N-methyl/N-ethyl adjacent to an activating group) is 1. The molecule has 0 saturated heterocycles. The quantitative estimate of drug-likeness (QED) is 0.759. The molecule has 2 rings (SSSR count).